The lowest BCUT2D eigenvalue weighted by Gasteiger charge is -2.14. The van der Waals surface area contributed by atoms with E-state index in [0.717, 1.165) is 16.8 Å². The van der Waals surface area contributed by atoms with Crippen LogP contribution in [0.25, 0.3) is 0 Å². The number of anilines is 1. The number of carbonyl (C=O) groups excluding carboxylic acids is 1. The van der Waals surface area contributed by atoms with E-state index < -0.39 is 0 Å². The predicted molar refractivity (Wildman–Crippen MR) is 113 cm³/mol. The smallest absolute Gasteiger partial charge is 0.262 e. The monoisotopic (exact) mass is 402 g/mol. The third kappa shape index (κ3) is 8.51. The first-order valence-corrected chi connectivity index (χ1v) is 9.76. The molecule has 1 amide bonds. The molecule has 0 saturated heterocycles. The van der Waals surface area contributed by atoms with E-state index in [9.17, 15) is 4.79 Å². The fourth-order valence-electron chi connectivity index (χ4n) is 2.57. The number of benzene rings is 2. The molecular weight excluding hydrogens is 372 g/mol. The Labute approximate surface area is 172 Å². The van der Waals surface area contributed by atoms with Crippen LogP contribution in [-0.4, -0.2) is 50.6 Å². The molecule has 0 aliphatic carbocycles. The zero-order valence-electron chi connectivity index (χ0n) is 17.1. The van der Waals surface area contributed by atoms with Gasteiger partial charge in [0.25, 0.3) is 5.91 Å². The summed E-state index contributed by atoms with van der Waals surface area (Å²) in [5.74, 6) is 0.900. The Balaban J connectivity index is 1.85. The SMILES string of the molecule is CCOc1cc(CNCCOCCO)ccc1OCC(=O)Nc1ccc(C)cc1. The lowest BCUT2D eigenvalue weighted by atomic mass is 10.2. The van der Waals surface area contributed by atoms with Crippen molar-refractivity contribution in [3.05, 3.63) is 53.6 Å². The van der Waals surface area contributed by atoms with Crippen molar-refractivity contribution in [2.45, 2.75) is 20.4 Å². The van der Waals surface area contributed by atoms with Crippen LogP contribution in [0.5, 0.6) is 11.5 Å². The Morgan fingerprint density at radius 3 is 2.55 bits per heavy atom. The summed E-state index contributed by atoms with van der Waals surface area (Å²) in [6.07, 6.45) is 0. The Morgan fingerprint density at radius 1 is 1.03 bits per heavy atom. The van der Waals surface area contributed by atoms with Crippen molar-refractivity contribution in [2.24, 2.45) is 0 Å². The first-order chi connectivity index (χ1) is 14.1. The highest BCUT2D eigenvalue weighted by molar-refractivity contribution is 5.91. The molecule has 29 heavy (non-hydrogen) atoms. The summed E-state index contributed by atoms with van der Waals surface area (Å²) in [6, 6.07) is 13.2. The average Bonchev–Trinajstić information content (AvgIpc) is 2.72. The van der Waals surface area contributed by atoms with E-state index in [2.05, 4.69) is 10.6 Å². The average molecular weight is 402 g/mol. The van der Waals surface area contributed by atoms with Gasteiger partial charge in [0.15, 0.2) is 18.1 Å². The maximum absolute atomic E-state index is 12.1. The minimum Gasteiger partial charge on any atom is -0.490 e. The summed E-state index contributed by atoms with van der Waals surface area (Å²) >= 11 is 0. The molecule has 7 heteroatoms. The second-order valence-electron chi connectivity index (χ2n) is 6.43. The molecule has 0 aromatic heterocycles. The molecule has 7 nitrogen and oxygen atoms in total. The minimum atomic E-state index is -0.232. The number of ether oxygens (including phenoxy) is 3. The van der Waals surface area contributed by atoms with E-state index >= 15 is 0 Å². The quantitative estimate of drug-likeness (QED) is 0.446. The molecule has 0 saturated carbocycles. The standard InChI is InChI=1S/C22H30N2O5/c1-3-28-21-14-18(15-23-10-12-27-13-11-25)6-9-20(21)29-16-22(26)24-19-7-4-17(2)5-8-19/h4-9,14,23,25H,3,10-13,15-16H2,1-2H3,(H,24,26). The highest BCUT2D eigenvalue weighted by Gasteiger charge is 2.10. The molecule has 3 N–H and O–H groups in total. The summed E-state index contributed by atoms with van der Waals surface area (Å²) in [4.78, 5) is 12.1. The van der Waals surface area contributed by atoms with Crippen LogP contribution in [-0.2, 0) is 16.1 Å². The van der Waals surface area contributed by atoms with Crippen molar-refractivity contribution >= 4 is 11.6 Å². The third-order valence-electron chi connectivity index (χ3n) is 3.99. The summed E-state index contributed by atoms with van der Waals surface area (Å²) in [5.41, 5.74) is 2.90. The predicted octanol–water partition coefficient (Wildman–Crippen LogP) is 2.51. The molecule has 2 aromatic carbocycles. The largest absolute Gasteiger partial charge is 0.490 e. The molecule has 0 aliphatic heterocycles. The number of nitrogens with one attached hydrogen (secondary N) is 2. The van der Waals surface area contributed by atoms with Gasteiger partial charge in [0, 0.05) is 18.8 Å². The minimum absolute atomic E-state index is 0.0300. The molecule has 0 bridgehead atoms. The van der Waals surface area contributed by atoms with E-state index in [1.807, 2.05) is 56.3 Å². The lowest BCUT2D eigenvalue weighted by Crippen LogP contribution is -2.21. The number of rotatable bonds is 13. The number of carbonyl (C=O) groups is 1. The molecule has 158 valence electrons. The number of amides is 1. The van der Waals surface area contributed by atoms with E-state index in [4.69, 9.17) is 19.3 Å². The van der Waals surface area contributed by atoms with Gasteiger partial charge in [-0.3, -0.25) is 4.79 Å². The summed E-state index contributed by atoms with van der Waals surface area (Å²) in [5, 5.41) is 14.7. The van der Waals surface area contributed by atoms with Crippen molar-refractivity contribution in [2.75, 3.05) is 44.9 Å². The number of hydrogen-bond donors (Lipinski definition) is 3. The molecule has 0 radical (unpaired) electrons. The van der Waals surface area contributed by atoms with E-state index in [0.29, 0.717) is 44.4 Å². The van der Waals surface area contributed by atoms with Gasteiger partial charge in [-0.05, 0) is 43.7 Å². The zero-order valence-corrected chi connectivity index (χ0v) is 17.1. The van der Waals surface area contributed by atoms with Crippen LogP contribution < -0.4 is 20.1 Å². The Morgan fingerprint density at radius 2 is 1.83 bits per heavy atom. The van der Waals surface area contributed by atoms with Gasteiger partial charge in [0.05, 0.1) is 26.4 Å². The number of hydrogen-bond acceptors (Lipinski definition) is 6. The van der Waals surface area contributed by atoms with Gasteiger partial charge >= 0.3 is 0 Å². The van der Waals surface area contributed by atoms with Gasteiger partial charge < -0.3 is 30.0 Å². The van der Waals surface area contributed by atoms with Gasteiger partial charge in [-0.15, -0.1) is 0 Å². The van der Waals surface area contributed by atoms with Crippen LogP contribution in [0.1, 0.15) is 18.1 Å². The Hall–Kier alpha value is -2.61. The summed E-state index contributed by atoms with van der Waals surface area (Å²) in [7, 11) is 0. The highest BCUT2D eigenvalue weighted by atomic mass is 16.5. The van der Waals surface area contributed by atoms with Crippen molar-refractivity contribution < 1.29 is 24.1 Å². The second kappa shape index (κ2) is 12.8. The van der Waals surface area contributed by atoms with E-state index in [1.54, 1.807) is 0 Å². The van der Waals surface area contributed by atoms with Crippen LogP contribution in [0.15, 0.2) is 42.5 Å². The molecule has 0 unspecified atom stereocenters. The zero-order chi connectivity index (χ0) is 20.9. The van der Waals surface area contributed by atoms with E-state index in [-0.39, 0.29) is 19.1 Å². The number of aliphatic hydroxyl groups excluding tert-OH is 1. The fraction of sp³-hybridized carbons (Fsp3) is 0.409. The number of aryl methyl sites for hydroxylation is 1. The molecule has 0 atom stereocenters. The van der Waals surface area contributed by atoms with Crippen LogP contribution in [0, 0.1) is 6.92 Å². The molecule has 0 spiro atoms. The van der Waals surface area contributed by atoms with Gasteiger partial charge in [0.1, 0.15) is 0 Å². The molecule has 2 rings (SSSR count). The fourth-order valence-corrected chi connectivity index (χ4v) is 2.57. The molecular formula is C22H30N2O5. The Bertz CT molecular complexity index is 749. The first-order valence-electron chi connectivity index (χ1n) is 9.76. The molecule has 0 heterocycles. The van der Waals surface area contributed by atoms with Crippen LogP contribution in [0.4, 0.5) is 5.69 Å². The maximum atomic E-state index is 12.1. The van der Waals surface area contributed by atoms with Crippen molar-refractivity contribution in [3.8, 4) is 11.5 Å². The van der Waals surface area contributed by atoms with Gasteiger partial charge in [0.2, 0.25) is 0 Å². The van der Waals surface area contributed by atoms with Gasteiger partial charge in [-0.25, -0.2) is 0 Å². The van der Waals surface area contributed by atoms with Crippen molar-refractivity contribution in [3.63, 3.8) is 0 Å². The third-order valence-corrected chi connectivity index (χ3v) is 3.99. The second-order valence-corrected chi connectivity index (χ2v) is 6.43. The van der Waals surface area contributed by atoms with Crippen molar-refractivity contribution in [1.29, 1.82) is 0 Å². The van der Waals surface area contributed by atoms with E-state index in [1.165, 1.54) is 0 Å². The normalized spacial score (nSPS) is 10.6. The lowest BCUT2D eigenvalue weighted by molar-refractivity contribution is -0.118. The van der Waals surface area contributed by atoms with Crippen LogP contribution in [0.2, 0.25) is 0 Å². The molecule has 0 fully saturated rings. The summed E-state index contributed by atoms with van der Waals surface area (Å²) < 4.78 is 16.5. The topological polar surface area (TPSA) is 89.1 Å². The molecule has 0 aliphatic rings. The maximum Gasteiger partial charge on any atom is 0.262 e. The summed E-state index contributed by atoms with van der Waals surface area (Å²) in [6.45, 7) is 6.54. The first kappa shape index (κ1) is 22.7. The number of aliphatic hydroxyl groups is 1. The van der Waals surface area contributed by atoms with Gasteiger partial charge in [-0.2, -0.15) is 0 Å². The van der Waals surface area contributed by atoms with Crippen molar-refractivity contribution in [1.82, 2.24) is 5.32 Å². The Kier molecular flexibility index (Phi) is 9.99. The van der Waals surface area contributed by atoms with Gasteiger partial charge in [-0.1, -0.05) is 23.8 Å². The highest BCUT2D eigenvalue weighted by Crippen LogP contribution is 2.28. The van der Waals surface area contributed by atoms with Crippen LogP contribution >= 0.6 is 0 Å². The molecule has 2 aromatic rings. The van der Waals surface area contributed by atoms with Crippen LogP contribution in [0.3, 0.4) is 0 Å².